The monoisotopic (exact) mass is 205 g/mol. The van der Waals surface area contributed by atoms with E-state index in [1.165, 1.54) is 31.6 Å². The number of rotatable bonds is 3. The maximum absolute atomic E-state index is 3.42. The van der Waals surface area contributed by atoms with Gasteiger partial charge in [-0.3, -0.25) is 4.90 Å². The molecule has 2 aliphatic rings. The maximum atomic E-state index is 3.42. The quantitative estimate of drug-likeness (QED) is 0.781. The second-order valence-electron chi connectivity index (χ2n) is 4.69. The molecule has 1 atom stereocenters. The van der Waals surface area contributed by atoms with Crippen LogP contribution in [0.2, 0.25) is 0 Å². The lowest BCUT2D eigenvalue weighted by Gasteiger charge is -2.34. The van der Waals surface area contributed by atoms with E-state index in [2.05, 4.69) is 27.3 Å². The molecule has 2 fully saturated rings. The molecule has 15 heavy (non-hydrogen) atoms. The van der Waals surface area contributed by atoms with Crippen LogP contribution < -0.4 is 5.32 Å². The highest BCUT2D eigenvalue weighted by molar-refractivity contribution is 5.13. The zero-order chi connectivity index (χ0) is 10.1. The summed E-state index contributed by atoms with van der Waals surface area (Å²) in [5, 5.41) is 3.42. The van der Waals surface area contributed by atoms with Crippen molar-refractivity contribution >= 4 is 0 Å². The smallest absolute Gasteiger partial charge is 0.0527 e. The summed E-state index contributed by atoms with van der Waals surface area (Å²) >= 11 is 0. The lowest BCUT2D eigenvalue weighted by atomic mass is 10.1. The first-order chi connectivity index (χ1) is 7.45. The van der Waals surface area contributed by atoms with E-state index in [1.807, 2.05) is 6.20 Å². The molecular weight excluding hydrogens is 186 g/mol. The number of nitrogens with zero attached hydrogens (tertiary/aromatic N) is 1. The third kappa shape index (κ3) is 1.94. The van der Waals surface area contributed by atoms with Crippen molar-refractivity contribution in [2.75, 3.05) is 26.2 Å². The summed E-state index contributed by atoms with van der Waals surface area (Å²) in [7, 11) is 0. The number of hydrogen-bond donors (Lipinski definition) is 2. The van der Waals surface area contributed by atoms with Crippen LogP contribution in [-0.4, -0.2) is 36.1 Å². The van der Waals surface area contributed by atoms with Gasteiger partial charge >= 0.3 is 0 Å². The first-order valence-electron chi connectivity index (χ1n) is 6.03. The predicted molar refractivity (Wildman–Crippen MR) is 60.7 cm³/mol. The van der Waals surface area contributed by atoms with E-state index in [1.54, 1.807) is 0 Å². The predicted octanol–water partition coefficient (Wildman–Crippen LogP) is 1.37. The first-order valence-corrected chi connectivity index (χ1v) is 6.03. The van der Waals surface area contributed by atoms with Crippen molar-refractivity contribution in [3.63, 3.8) is 0 Å². The average Bonchev–Trinajstić information content (AvgIpc) is 2.96. The summed E-state index contributed by atoms with van der Waals surface area (Å²) in [6.45, 7) is 4.67. The summed E-state index contributed by atoms with van der Waals surface area (Å²) in [5.74, 6) is 0.904. The molecule has 1 saturated heterocycles. The standard InChI is InChI=1S/C12H19N3/c1-2-11(14-5-1)12(10-3-4-10)15-8-6-13-7-9-15/h1-2,5,10,12-14H,3-4,6-9H2/t12-/m1/s1. The van der Waals surface area contributed by atoms with Crippen molar-refractivity contribution < 1.29 is 0 Å². The van der Waals surface area contributed by atoms with Crippen molar-refractivity contribution in [2.45, 2.75) is 18.9 Å². The molecule has 0 spiro atoms. The highest BCUT2D eigenvalue weighted by Crippen LogP contribution is 2.43. The zero-order valence-corrected chi connectivity index (χ0v) is 9.08. The lowest BCUT2D eigenvalue weighted by molar-refractivity contribution is 0.153. The minimum Gasteiger partial charge on any atom is -0.364 e. The molecule has 0 radical (unpaired) electrons. The number of H-pyrrole nitrogens is 1. The fraction of sp³-hybridized carbons (Fsp3) is 0.667. The Morgan fingerprint density at radius 2 is 2.07 bits per heavy atom. The van der Waals surface area contributed by atoms with E-state index >= 15 is 0 Å². The summed E-state index contributed by atoms with van der Waals surface area (Å²) in [5.41, 5.74) is 1.42. The van der Waals surface area contributed by atoms with Crippen molar-refractivity contribution in [3.8, 4) is 0 Å². The van der Waals surface area contributed by atoms with Crippen LogP contribution in [0.25, 0.3) is 0 Å². The van der Waals surface area contributed by atoms with Gasteiger partial charge in [-0.05, 0) is 30.9 Å². The highest BCUT2D eigenvalue weighted by atomic mass is 15.2. The fourth-order valence-corrected chi connectivity index (χ4v) is 2.65. The summed E-state index contributed by atoms with van der Waals surface area (Å²) in [6.07, 6.45) is 4.87. The minimum atomic E-state index is 0.655. The molecule has 2 N–H and O–H groups in total. The van der Waals surface area contributed by atoms with E-state index in [0.717, 1.165) is 19.0 Å². The summed E-state index contributed by atoms with van der Waals surface area (Å²) < 4.78 is 0. The van der Waals surface area contributed by atoms with Gasteiger partial charge in [0.25, 0.3) is 0 Å². The highest BCUT2D eigenvalue weighted by Gasteiger charge is 2.37. The van der Waals surface area contributed by atoms with Crippen molar-refractivity contribution in [2.24, 2.45) is 5.92 Å². The van der Waals surface area contributed by atoms with Crippen LogP contribution in [0, 0.1) is 5.92 Å². The van der Waals surface area contributed by atoms with Gasteiger partial charge in [-0.1, -0.05) is 0 Å². The number of nitrogens with one attached hydrogen (secondary N) is 2. The second kappa shape index (κ2) is 3.99. The van der Waals surface area contributed by atoms with Gasteiger partial charge in [0.1, 0.15) is 0 Å². The molecule has 3 rings (SSSR count). The molecule has 1 aliphatic heterocycles. The maximum Gasteiger partial charge on any atom is 0.0527 e. The van der Waals surface area contributed by atoms with Gasteiger partial charge in [0, 0.05) is 38.1 Å². The molecule has 0 unspecified atom stereocenters. The van der Waals surface area contributed by atoms with E-state index in [0.29, 0.717) is 6.04 Å². The van der Waals surface area contributed by atoms with E-state index in [9.17, 15) is 0 Å². The molecule has 0 aromatic carbocycles. The molecule has 1 aliphatic carbocycles. The number of aromatic nitrogens is 1. The van der Waals surface area contributed by atoms with Crippen LogP contribution in [0.3, 0.4) is 0 Å². The molecule has 3 heteroatoms. The van der Waals surface area contributed by atoms with E-state index < -0.39 is 0 Å². The third-order valence-electron chi connectivity index (χ3n) is 3.55. The number of aromatic amines is 1. The van der Waals surface area contributed by atoms with Crippen LogP contribution in [0.15, 0.2) is 18.3 Å². The molecular formula is C12H19N3. The molecule has 0 amide bonds. The Labute approximate surface area is 90.9 Å². The Hall–Kier alpha value is -0.800. The fourth-order valence-electron chi connectivity index (χ4n) is 2.65. The molecule has 82 valence electrons. The second-order valence-corrected chi connectivity index (χ2v) is 4.69. The Morgan fingerprint density at radius 3 is 2.67 bits per heavy atom. The van der Waals surface area contributed by atoms with Crippen LogP contribution in [-0.2, 0) is 0 Å². The molecule has 1 aromatic rings. The normalized spacial score (nSPS) is 25.3. The van der Waals surface area contributed by atoms with Gasteiger partial charge < -0.3 is 10.3 Å². The Kier molecular flexibility index (Phi) is 2.51. The third-order valence-corrected chi connectivity index (χ3v) is 3.55. The summed E-state index contributed by atoms with van der Waals surface area (Å²) in [6, 6.07) is 5.01. The molecule has 1 aromatic heterocycles. The van der Waals surface area contributed by atoms with Gasteiger partial charge in [-0.2, -0.15) is 0 Å². The van der Waals surface area contributed by atoms with Gasteiger partial charge in [0.2, 0.25) is 0 Å². The largest absolute Gasteiger partial charge is 0.364 e. The van der Waals surface area contributed by atoms with Gasteiger partial charge in [0.05, 0.1) is 6.04 Å². The molecule has 3 nitrogen and oxygen atoms in total. The topological polar surface area (TPSA) is 31.1 Å². The minimum absolute atomic E-state index is 0.655. The van der Waals surface area contributed by atoms with Crippen LogP contribution in [0.1, 0.15) is 24.6 Å². The molecule has 2 heterocycles. The van der Waals surface area contributed by atoms with Gasteiger partial charge in [-0.25, -0.2) is 0 Å². The first kappa shape index (κ1) is 9.43. The van der Waals surface area contributed by atoms with E-state index in [-0.39, 0.29) is 0 Å². The lowest BCUT2D eigenvalue weighted by Crippen LogP contribution is -2.45. The Morgan fingerprint density at radius 1 is 1.27 bits per heavy atom. The van der Waals surface area contributed by atoms with Crippen molar-refractivity contribution in [1.82, 2.24) is 15.2 Å². The van der Waals surface area contributed by atoms with E-state index in [4.69, 9.17) is 0 Å². The number of piperazine rings is 1. The summed E-state index contributed by atoms with van der Waals surface area (Å²) in [4.78, 5) is 6.03. The van der Waals surface area contributed by atoms with Crippen LogP contribution >= 0.6 is 0 Å². The Balaban J connectivity index is 1.77. The number of hydrogen-bond acceptors (Lipinski definition) is 2. The van der Waals surface area contributed by atoms with Crippen molar-refractivity contribution in [1.29, 1.82) is 0 Å². The van der Waals surface area contributed by atoms with Gasteiger partial charge in [0.15, 0.2) is 0 Å². The molecule has 1 saturated carbocycles. The van der Waals surface area contributed by atoms with Crippen LogP contribution in [0.4, 0.5) is 0 Å². The Bertz CT molecular complexity index is 297. The zero-order valence-electron chi connectivity index (χ0n) is 9.08. The average molecular weight is 205 g/mol. The SMILES string of the molecule is c1c[nH]c([C@@H](C2CC2)N2CCNCC2)c1. The molecule has 0 bridgehead atoms. The van der Waals surface area contributed by atoms with Crippen LogP contribution in [0.5, 0.6) is 0 Å². The van der Waals surface area contributed by atoms with Crippen molar-refractivity contribution in [3.05, 3.63) is 24.0 Å². The van der Waals surface area contributed by atoms with Gasteiger partial charge in [-0.15, -0.1) is 0 Å².